The van der Waals surface area contributed by atoms with E-state index >= 15 is 0 Å². The van der Waals surface area contributed by atoms with Gasteiger partial charge in [-0.1, -0.05) is 22.9 Å². The first-order valence-electron chi connectivity index (χ1n) is 4.80. The fourth-order valence-corrected chi connectivity index (χ4v) is 1.96. The fraction of sp³-hybridized carbons (Fsp3) is 0.364. The molecule has 0 radical (unpaired) electrons. The van der Waals surface area contributed by atoms with E-state index in [-0.39, 0.29) is 16.5 Å². The normalized spacial score (nSPS) is 13.5. The number of phenols is 1. The van der Waals surface area contributed by atoms with Crippen LogP contribution in [0.15, 0.2) is 16.6 Å². The van der Waals surface area contributed by atoms with Crippen molar-refractivity contribution in [3.05, 3.63) is 27.7 Å². The predicted molar refractivity (Wildman–Crippen MR) is 59.9 cm³/mol. The van der Waals surface area contributed by atoms with Crippen LogP contribution in [0, 0.1) is 0 Å². The third-order valence-electron chi connectivity index (χ3n) is 2.39. The summed E-state index contributed by atoms with van der Waals surface area (Å²) in [5.41, 5.74) is -0.988. The van der Waals surface area contributed by atoms with Crippen molar-refractivity contribution in [3.63, 3.8) is 0 Å². The number of benzene rings is 1. The van der Waals surface area contributed by atoms with Gasteiger partial charge in [-0.15, -0.1) is 0 Å². The Hall–Kier alpha value is -1.04. The number of carbonyl (C=O) groups is 1. The molecule has 0 saturated heterocycles. The summed E-state index contributed by atoms with van der Waals surface area (Å²) in [5.74, 6) is -1.28. The summed E-state index contributed by atoms with van der Waals surface area (Å²) in [5, 5.41) is 9.59. The molecule has 0 aromatic heterocycles. The fourth-order valence-electron chi connectivity index (χ4n) is 1.48. The molecule has 0 bridgehead atoms. The number of hydrogen-bond acceptors (Lipinski definition) is 2. The number of hydrogen-bond donors (Lipinski definition) is 1. The maximum absolute atomic E-state index is 12.6. The Morgan fingerprint density at radius 1 is 1.47 bits per heavy atom. The first kappa shape index (κ1) is 14.0. The van der Waals surface area contributed by atoms with Crippen molar-refractivity contribution >= 4 is 22.2 Å². The van der Waals surface area contributed by atoms with Crippen LogP contribution < -0.4 is 0 Å². The maximum Gasteiger partial charge on any atom is 0.420 e. The second-order valence-corrected chi connectivity index (χ2v) is 4.61. The molecule has 6 heteroatoms. The standard InChI is InChI=1S/C11H10BrF3O2/c1-6(2-3-16)8-4-7(12)5-9(10(8)17)11(13,14)15/h3-6,17H,2H2,1H3. The molecule has 1 aromatic rings. The lowest BCUT2D eigenvalue weighted by Gasteiger charge is -2.16. The Bertz CT molecular complexity index is 429. The molecule has 94 valence electrons. The minimum Gasteiger partial charge on any atom is -0.507 e. The van der Waals surface area contributed by atoms with Crippen LogP contribution in [0.3, 0.4) is 0 Å². The molecule has 0 saturated carbocycles. The van der Waals surface area contributed by atoms with Gasteiger partial charge in [0, 0.05) is 10.9 Å². The number of aromatic hydroxyl groups is 1. The van der Waals surface area contributed by atoms with E-state index in [4.69, 9.17) is 0 Å². The van der Waals surface area contributed by atoms with Crippen LogP contribution >= 0.6 is 15.9 Å². The molecule has 1 N–H and O–H groups in total. The zero-order valence-corrected chi connectivity index (χ0v) is 10.5. The third-order valence-corrected chi connectivity index (χ3v) is 2.85. The van der Waals surface area contributed by atoms with E-state index < -0.39 is 23.4 Å². The van der Waals surface area contributed by atoms with Gasteiger partial charge in [0.2, 0.25) is 0 Å². The molecule has 0 spiro atoms. The highest BCUT2D eigenvalue weighted by molar-refractivity contribution is 9.10. The molecule has 0 aliphatic carbocycles. The molecule has 1 atom stereocenters. The van der Waals surface area contributed by atoms with Gasteiger partial charge in [0.1, 0.15) is 12.0 Å². The van der Waals surface area contributed by atoms with Crippen LogP contribution in [0.4, 0.5) is 13.2 Å². The zero-order valence-electron chi connectivity index (χ0n) is 8.88. The zero-order chi connectivity index (χ0) is 13.2. The number of alkyl halides is 3. The van der Waals surface area contributed by atoms with E-state index in [1.54, 1.807) is 6.92 Å². The molecule has 1 unspecified atom stereocenters. The van der Waals surface area contributed by atoms with Crippen LogP contribution in [0.25, 0.3) is 0 Å². The van der Waals surface area contributed by atoms with Gasteiger partial charge in [0.15, 0.2) is 0 Å². The van der Waals surface area contributed by atoms with E-state index in [0.717, 1.165) is 6.07 Å². The van der Waals surface area contributed by atoms with E-state index in [9.17, 15) is 23.1 Å². The van der Waals surface area contributed by atoms with Gasteiger partial charge in [0.05, 0.1) is 5.56 Å². The highest BCUT2D eigenvalue weighted by Gasteiger charge is 2.35. The molecule has 2 nitrogen and oxygen atoms in total. The minimum atomic E-state index is -4.62. The molecular weight excluding hydrogens is 301 g/mol. The summed E-state index contributed by atoms with van der Waals surface area (Å²) < 4.78 is 38.0. The third kappa shape index (κ3) is 3.21. The SMILES string of the molecule is CC(CC=O)c1cc(Br)cc(C(F)(F)F)c1O. The van der Waals surface area contributed by atoms with Gasteiger partial charge in [0.25, 0.3) is 0 Å². The summed E-state index contributed by atoms with van der Waals surface area (Å²) in [4.78, 5) is 10.4. The Morgan fingerprint density at radius 2 is 2.06 bits per heavy atom. The number of halogens is 4. The summed E-state index contributed by atoms with van der Waals surface area (Å²) in [6.45, 7) is 1.58. The van der Waals surface area contributed by atoms with Gasteiger partial charge in [-0.05, 0) is 23.6 Å². The molecule has 1 aromatic carbocycles. The van der Waals surface area contributed by atoms with Gasteiger partial charge >= 0.3 is 6.18 Å². The summed E-state index contributed by atoms with van der Waals surface area (Å²) in [6.07, 6.45) is -3.96. The topological polar surface area (TPSA) is 37.3 Å². The van der Waals surface area contributed by atoms with Crippen molar-refractivity contribution in [2.24, 2.45) is 0 Å². The van der Waals surface area contributed by atoms with E-state index in [2.05, 4.69) is 15.9 Å². The minimum absolute atomic E-state index is 0.0569. The van der Waals surface area contributed by atoms with Gasteiger partial charge in [-0.2, -0.15) is 13.2 Å². The maximum atomic E-state index is 12.6. The van der Waals surface area contributed by atoms with Crippen molar-refractivity contribution in [1.82, 2.24) is 0 Å². The van der Waals surface area contributed by atoms with Crippen molar-refractivity contribution in [2.75, 3.05) is 0 Å². The number of rotatable bonds is 3. The highest BCUT2D eigenvalue weighted by Crippen LogP contribution is 2.42. The molecule has 17 heavy (non-hydrogen) atoms. The summed E-state index contributed by atoms with van der Waals surface area (Å²) in [7, 11) is 0. The first-order valence-corrected chi connectivity index (χ1v) is 5.60. The van der Waals surface area contributed by atoms with Crippen molar-refractivity contribution in [2.45, 2.75) is 25.4 Å². The number of carbonyl (C=O) groups excluding carboxylic acids is 1. The van der Waals surface area contributed by atoms with E-state index in [1.165, 1.54) is 6.07 Å². The average Bonchev–Trinajstić information content (AvgIpc) is 2.19. The molecule has 1 rings (SSSR count). The largest absolute Gasteiger partial charge is 0.507 e. The summed E-state index contributed by atoms with van der Waals surface area (Å²) in [6, 6.07) is 2.20. The smallest absolute Gasteiger partial charge is 0.420 e. The Kier molecular flexibility index (Phi) is 4.19. The number of aldehydes is 1. The molecule has 0 amide bonds. The van der Waals surface area contributed by atoms with E-state index in [0.29, 0.717) is 6.29 Å². The Morgan fingerprint density at radius 3 is 2.53 bits per heavy atom. The quantitative estimate of drug-likeness (QED) is 0.861. The Labute approximate surface area is 105 Å². The molecule has 0 heterocycles. The van der Waals surface area contributed by atoms with Crippen LogP contribution in [0.1, 0.15) is 30.4 Å². The average molecular weight is 311 g/mol. The van der Waals surface area contributed by atoms with Crippen molar-refractivity contribution in [1.29, 1.82) is 0 Å². The lowest BCUT2D eigenvalue weighted by molar-refractivity contribution is -0.138. The van der Waals surface area contributed by atoms with Crippen LogP contribution in [0.2, 0.25) is 0 Å². The monoisotopic (exact) mass is 310 g/mol. The van der Waals surface area contributed by atoms with Gasteiger partial charge in [-0.3, -0.25) is 0 Å². The van der Waals surface area contributed by atoms with Crippen LogP contribution in [0.5, 0.6) is 5.75 Å². The Balaban J connectivity index is 3.33. The van der Waals surface area contributed by atoms with Crippen molar-refractivity contribution in [3.8, 4) is 5.75 Å². The van der Waals surface area contributed by atoms with Crippen molar-refractivity contribution < 1.29 is 23.1 Å². The van der Waals surface area contributed by atoms with Gasteiger partial charge in [-0.25, -0.2) is 0 Å². The summed E-state index contributed by atoms with van der Waals surface area (Å²) >= 11 is 2.96. The number of phenolic OH excluding ortho intramolecular Hbond substituents is 1. The first-order chi connectivity index (χ1) is 7.77. The molecule has 0 aliphatic heterocycles. The second-order valence-electron chi connectivity index (χ2n) is 3.69. The second kappa shape index (κ2) is 5.08. The highest BCUT2D eigenvalue weighted by atomic mass is 79.9. The lowest BCUT2D eigenvalue weighted by atomic mass is 9.95. The van der Waals surface area contributed by atoms with Gasteiger partial charge < -0.3 is 9.90 Å². The molecule has 0 aliphatic rings. The van der Waals surface area contributed by atoms with E-state index in [1.807, 2.05) is 0 Å². The van der Waals surface area contributed by atoms with Crippen LogP contribution in [-0.4, -0.2) is 11.4 Å². The predicted octanol–water partition coefficient (Wildman–Crippen LogP) is 3.87. The molecular formula is C11H10BrF3O2. The molecule has 0 fully saturated rings. The van der Waals surface area contributed by atoms with Crippen LogP contribution in [-0.2, 0) is 11.0 Å². The lowest BCUT2D eigenvalue weighted by Crippen LogP contribution is -2.08.